The van der Waals surface area contributed by atoms with Gasteiger partial charge >= 0.3 is 0 Å². The molecule has 0 aliphatic rings. The number of nitrogens with zero attached hydrogens (tertiary/aromatic N) is 4. The van der Waals surface area contributed by atoms with Gasteiger partial charge in [-0.25, -0.2) is 4.68 Å². The van der Waals surface area contributed by atoms with Gasteiger partial charge in [-0.3, -0.25) is 9.98 Å². The Labute approximate surface area is 144 Å². The second-order valence-corrected chi connectivity index (χ2v) is 7.59. The number of hydrogen-bond acceptors (Lipinski definition) is 5. The van der Waals surface area contributed by atoms with Gasteiger partial charge in [-0.1, -0.05) is 6.07 Å². The monoisotopic (exact) mass is 392 g/mol. The van der Waals surface area contributed by atoms with Crippen LogP contribution < -0.4 is 4.80 Å². The third kappa shape index (κ3) is 3.43. The topological polar surface area (TPSA) is 42.5 Å². The van der Waals surface area contributed by atoms with E-state index in [2.05, 4.69) is 42.5 Å². The fourth-order valence-electron chi connectivity index (χ4n) is 1.85. The van der Waals surface area contributed by atoms with Crippen LogP contribution in [-0.2, 0) is 0 Å². The second kappa shape index (κ2) is 7.13. The summed E-state index contributed by atoms with van der Waals surface area (Å²) in [6.07, 6.45) is 3.52. The first-order valence-corrected chi connectivity index (χ1v) is 9.19. The van der Waals surface area contributed by atoms with Crippen LogP contribution >= 0.6 is 38.6 Å². The summed E-state index contributed by atoms with van der Waals surface area (Å²) in [5.41, 5.74) is 1.86. The number of thiazole rings is 1. The van der Waals surface area contributed by atoms with E-state index >= 15 is 0 Å². The third-order valence-electron chi connectivity index (χ3n) is 2.80. The second-order valence-electron chi connectivity index (χ2n) is 4.29. The molecule has 0 unspecified atom stereocenters. The van der Waals surface area contributed by atoms with Gasteiger partial charge in [-0.05, 0) is 47.1 Å². The molecule has 0 spiro atoms. The molecule has 3 aromatic rings. The molecule has 0 aliphatic carbocycles. The van der Waals surface area contributed by atoms with Gasteiger partial charge in [-0.15, -0.1) is 22.7 Å². The molecule has 22 heavy (non-hydrogen) atoms. The van der Waals surface area contributed by atoms with Crippen LogP contribution in [0.2, 0.25) is 0 Å². The summed E-state index contributed by atoms with van der Waals surface area (Å²) < 4.78 is 2.98. The van der Waals surface area contributed by atoms with Gasteiger partial charge in [0.2, 0.25) is 4.80 Å². The Morgan fingerprint density at radius 2 is 2.23 bits per heavy atom. The smallest absolute Gasteiger partial charge is 0.206 e. The van der Waals surface area contributed by atoms with E-state index in [1.165, 1.54) is 0 Å². The highest BCUT2D eigenvalue weighted by Gasteiger charge is 2.09. The average molecular weight is 393 g/mol. The Morgan fingerprint density at radius 1 is 1.32 bits per heavy atom. The van der Waals surface area contributed by atoms with Crippen LogP contribution in [0.1, 0.15) is 12.6 Å². The fourth-order valence-corrected chi connectivity index (χ4v) is 4.20. The number of rotatable bonds is 4. The highest BCUT2D eigenvalue weighted by molar-refractivity contribution is 9.11. The normalized spacial score (nSPS) is 12.4. The quantitative estimate of drug-likeness (QED) is 0.612. The van der Waals surface area contributed by atoms with Crippen LogP contribution in [0.15, 0.2) is 55.8 Å². The lowest BCUT2D eigenvalue weighted by molar-refractivity contribution is 0.834. The standard InChI is InChI=1S/C15H13BrN4S2/c1-2-17-15-20(19-9-11-5-3-4-8-18-11)12(10-21-15)13-6-7-14(16)22-13/h3-10H,2H2,1H3/b17-15?,19-9+. The van der Waals surface area contributed by atoms with Crippen LogP contribution in [-0.4, -0.2) is 22.4 Å². The van der Waals surface area contributed by atoms with Gasteiger partial charge in [-0.2, -0.15) is 5.10 Å². The van der Waals surface area contributed by atoms with Crippen molar-refractivity contribution >= 4 is 44.8 Å². The van der Waals surface area contributed by atoms with Crippen LogP contribution in [0.3, 0.4) is 0 Å². The predicted octanol–water partition coefficient (Wildman–Crippen LogP) is 4.24. The highest BCUT2D eigenvalue weighted by atomic mass is 79.9. The van der Waals surface area contributed by atoms with Crippen molar-refractivity contribution in [3.63, 3.8) is 0 Å². The minimum Gasteiger partial charge on any atom is -0.258 e. The molecule has 4 nitrogen and oxygen atoms in total. The maximum atomic E-state index is 4.58. The van der Waals surface area contributed by atoms with E-state index in [0.29, 0.717) is 0 Å². The first-order chi connectivity index (χ1) is 10.8. The molecule has 7 heteroatoms. The lowest BCUT2D eigenvalue weighted by atomic mass is 10.4. The summed E-state index contributed by atoms with van der Waals surface area (Å²) in [4.78, 5) is 10.8. The van der Waals surface area contributed by atoms with Crippen LogP contribution in [0.25, 0.3) is 10.6 Å². The molecule has 0 bridgehead atoms. The molecule has 0 fully saturated rings. The molecule has 3 heterocycles. The van der Waals surface area contributed by atoms with Gasteiger partial charge in [0.15, 0.2) is 0 Å². The largest absolute Gasteiger partial charge is 0.258 e. The molecule has 0 atom stereocenters. The Morgan fingerprint density at radius 3 is 2.91 bits per heavy atom. The lowest BCUT2D eigenvalue weighted by Gasteiger charge is -2.00. The number of halogens is 1. The molecule has 3 rings (SSSR count). The maximum absolute atomic E-state index is 4.58. The zero-order valence-electron chi connectivity index (χ0n) is 11.8. The van der Waals surface area contributed by atoms with Crippen molar-refractivity contribution in [2.24, 2.45) is 10.1 Å². The van der Waals surface area contributed by atoms with Crippen molar-refractivity contribution in [2.45, 2.75) is 6.92 Å². The summed E-state index contributed by atoms with van der Waals surface area (Å²) >= 11 is 6.78. The van der Waals surface area contributed by atoms with Crippen LogP contribution in [0.4, 0.5) is 0 Å². The van der Waals surface area contributed by atoms with Gasteiger partial charge in [0.25, 0.3) is 0 Å². The number of thiophene rings is 1. The highest BCUT2D eigenvalue weighted by Crippen LogP contribution is 2.31. The van der Waals surface area contributed by atoms with E-state index in [1.807, 2.05) is 35.9 Å². The molecule has 0 aliphatic heterocycles. The summed E-state index contributed by atoms with van der Waals surface area (Å²) in [5, 5.41) is 6.66. The SMILES string of the molecule is CCN=c1scc(-c2ccc(Br)s2)n1/N=C/c1ccccn1. The summed E-state index contributed by atoms with van der Waals surface area (Å²) in [6.45, 7) is 2.75. The molecule has 0 saturated heterocycles. The summed E-state index contributed by atoms with van der Waals surface area (Å²) in [6, 6.07) is 9.89. The van der Waals surface area contributed by atoms with Crippen LogP contribution in [0, 0.1) is 0 Å². The maximum Gasteiger partial charge on any atom is 0.206 e. The minimum absolute atomic E-state index is 0.729. The predicted molar refractivity (Wildman–Crippen MR) is 96.7 cm³/mol. The van der Waals surface area contributed by atoms with Gasteiger partial charge in [0, 0.05) is 18.1 Å². The van der Waals surface area contributed by atoms with E-state index in [0.717, 1.165) is 31.4 Å². The molecule has 3 aromatic heterocycles. The van der Waals surface area contributed by atoms with Crippen LogP contribution in [0.5, 0.6) is 0 Å². The Hall–Kier alpha value is -1.57. The molecular formula is C15H13BrN4S2. The molecule has 0 radical (unpaired) electrons. The number of hydrogen-bond donors (Lipinski definition) is 0. The van der Waals surface area contributed by atoms with Crippen molar-refractivity contribution < 1.29 is 0 Å². The third-order valence-corrected chi connectivity index (χ3v) is 5.30. The molecule has 0 saturated carbocycles. The molecule has 112 valence electrons. The zero-order valence-corrected chi connectivity index (χ0v) is 15.0. The molecular weight excluding hydrogens is 380 g/mol. The van der Waals surface area contributed by atoms with Crippen molar-refractivity contribution in [1.29, 1.82) is 0 Å². The van der Waals surface area contributed by atoms with Gasteiger partial charge in [0.1, 0.15) is 0 Å². The van der Waals surface area contributed by atoms with Gasteiger partial charge < -0.3 is 0 Å². The first-order valence-electron chi connectivity index (χ1n) is 6.70. The zero-order chi connectivity index (χ0) is 15.4. The van der Waals surface area contributed by atoms with Crippen molar-refractivity contribution in [3.05, 3.63) is 56.2 Å². The van der Waals surface area contributed by atoms with E-state index in [1.54, 1.807) is 35.1 Å². The average Bonchev–Trinajstić information content (AvgIpc) is 3.13. The Bertz CT molecular complexity index is 846. The molecule has 0 N–H and O–H groups in total. The molecule has 0 amide bonds. The Kier molecular flexibility index (Phi) is 4.97. The summed E-state index contributed by atoms with van der Waals surface area (Å²) in [5.74, 6) is 0. The van der Waals surface area contributed by atoms with E-state index in [-0.39, 0.29) is 0 Å². The van der Waals surface area contributed by atoms with Crippen molar-refractivity contribution in [1.82, 2.24) is 9.66 Å². The molecule has 0 aromatic carbocycles. The van der Waals surface area contributed by atoms with E-state index < -0.39 is 0 Å². The van der Waals surface area contributed by atoms with Crippen molar-refractivity contribution in [2.75, 3.05) is 6.54 Å². The van der Waals surface area contributed by atoms with E-state index in [9.17, 15) is 0 Å². The van der Waals surface area contributed by atoms with E-state index in [4.69, 9.17) is 0 Å². The van der Waals surface area contributed by atoms with Gasteiger partial charge in [0.05, 0.1) is 26.3 Å². The Balaban J connectivity index is 2.06. The fraction of sp³-hybridized carbons (Fsp3) is 0.133. The first kappa shape index (κ1) is 15.3. The lowest BCUT2D eigenvalue weighted by Crippen LogP contribution is -2.12. The number of aromatic nitrogens is 2. The summed E-state index contributed by atoms with van der Waals surface area (Å²) in [7, 11) is 0. The minimum atomic E-state index is 0.729. The van der Waals surface area contributed by atoms with Crippen molar-refractivity contribution in [3.8, 4) is 10.6 Å². The number of pyridine rings is 1.